The molecule has 0 spiro atoms. The number of aromatic amines is 1. The molecule has 1 aromatic heterocycles. The molecule has 0 saturated heterocycles. The van der Waals surface area contributed by atoms with E-state index in [-0.39, 0.29) is 0 Å². The van der Waals surface area contributed by atoms with Crippen LogP contribution in [0, 0.1) is 13.8 Å². The first kappa shape index (κ1) is 15.5. The van der Waals surface area contributed by atoms with Crippen LogP contribution in [0.3, 0.4) is 0 Å². The van der Waals surface area contributed by atoms with Crippen molar-refractivity contribution in [3.8, 4) is 0 Å². The summed E-state index contributed by atoms with van der Waals surface area (Å²) in [7, 11) is 0. The van der Waals surface area contributed by atoms with Gasteiger partial charge in [-0.3, -0.25) is 9.59 Å². The van der Waals surface area contributed by atoms with Gasteiger partial charge in [-0.05, 0) is 43.7 Å². The number of Topliss-reactive ketones (excluding diaryl/α,β-unsaturated/α-hetero) is 1. The Morgan fingerprint density at radius 2 is 1.83 bits per heavy atom. The van der Waals surface area contributed by atoms with E-state index >= 15 is 0 Å². The molecule has 0 unspecified atom stereocenters. The zero-order chi connectivity index (χ0) is 16.6. The lowest BCUT2D eigenvalue weighted by molar-refractivity contribution is -0.112. The van der Waals surface area contributed by atoms with Gasteiger partial charge in [0, 0.05) is 26.8 Å². The molecule has 0 aliphatic carbocycles. The quantitative estimate of drug-likeness (QED) is 0.531. The Kier molecular flexibility index (Phi) is 4.05. The van der Waals surface area contributed by atoms with Gasteiger partial charge in [0.2, 0.25) is 0 Å². The summed E-state index contributed by atoms with van der Waals surface area (Å²) in [4.78, 5) is 28.1. The van der Waals surface area contributed by atoms with Crippen molar-refractivity contribution in [3.63, 3.8) is 0 Å². The number of halogens is 1. The minimum Gasteiger partial charge on any atom is -0.358 e. The van der Waals surface area contributed by atoms with Gasteiger partial charge in [-0.2, -0.15) is 0 Å². The van der Waals surface area contributed by atoms with Gasteiger partial charge in [0.25, 0.3) is 11.7 Å². The zero-order valence-electron chi connectivity index (χ0n) is 12.7. The monoisotopic (exact) mass is 370 g/mol. The van der Waals surface area contributed by atoms with Crippen LogP contribution in [-0.4, -0.2) is 16.7 Å². The van der Waals surface area contributed by atoms with E-state index < -0.39 is 11.7 Å². The Hall–Kier alpha value is -2.40. The summed E-state index contributed by atoms with van der Waals surface area (Å²) in [6, 6.07) is 12.9. The van der Waals surface area contributed by atoms with Crippen LogP contribution in [0.2, 0.25) is 0 Å². The molecule has 0 atom stereocenters. The number of ketones is 1. The Bertz CT molecular complexity index is 928. The summed E-state index contributed by atoms with van der Waals surface area (Å²) in [5.41, 5.74) is 3.48. The first-order valence-corrected chi connectivity index (χ1v) is 7.96. The summed E-state index contributed by atoms with van der Waals surface area (Å²) in [5.74, 6) is -1.18. The van der Waals surface area contributed by atoms with Crippen LogP contribution in [0.15, 0.2) is 46.9 Å². The Morgan fingerprint density at radius 1 is 1.09 bits per heavy atom. The molecule has 5 heteroatoms. The number of H-pyrrole nitrogens is 1. The van der Waals surface area contributed by atoms with Crippen LogP contribution in [0.25, 0.3) is 10.9 Å². The molecule has 4 nitrogen and oxygen atoms in total. The molecular weight excluding hydrogens is 356 g/mol. The predicted octanol–water partition coefficient (Wildman–Crippen LogP) is 4.37. The standard InChI is InChI=1S/C18H15BrN2O2/c1-10-9-12(19)7-8-14(10)21-18(23)17(22)16-11(2)20-15-6-4-3-5-13(15)16/h3-9,20H,1-2H3,(H,21,23). The lowest BCUT2D eigenvalue weighted by Gasteiger charge is -2.08. The van der Waals surface area contributed by atoms with E-state index in [1.165, 1.54) is 0 Å². The molecule has 23 heavy (non-hydrogen) atoms. The van der Waals surface area contributed by atoms with Crippen LogP contribution in [-0.2, 0) is 4.79 Å². The number of hydrogen-bond acceptors (Lipinski definition) is 2. The fourth-order valence-corrected chi connectivity index (χ4v) is 3.10. The molecule has 2 aromatic carbocycles. The number of carbonyl (C=O) groups excluding carboxylic acids is 2. The van der Waals surface area contributed by atoms with Crippen LogP contribution >= 0.6 is 15.9 Å². The minimum atomic E-state index is -0.636. The lowest BCUT2D eigenvalue weighted by Crippen LogP contribution is -2.23. The van der Waals surface area contributed by atoms with Crippen molar-refractivity contribution in [3.05, 3.63) is 63.8 Å². The van der Waals surface area contributed by atoms with Crippen molar-refractivity contribution >= 4 is 44.2 Å². The third-order valence-corrected chi connectivity index (χ3v) is 4.26. The Morgan fingerprint density at radius 3 is 2.57 bits per heavy atom. The molecule has 1 amide bonds. The number of anilines is 1. The highest BCUT2D eigenvalue weighted by atomic mass is 79.9. The number of rotatable bonds is 3. The normalized spacial score (nSPS) is 10.7. The second kappa shape index (κ2) is 6.01. The molecule has 0 saturated carbocycles. The summed E-state index contributed by atoms with van der Waals surface area (Å²) in [6.07, 6.45) is 0. The molecule has 0 radical (unpaired) electrons. The smallest absolute Gasteiger partial charge is 0.296 e. The average molecular weight is 371 g/mol. The Balaban J connectivity index is 1.93. The number of amides is 1. The second-order valence-corrected chi connectivity index (χ2v) is 6.33. The van der Waals surface area contributed by atoms with Crippen molar-refractivity contribution in [2.45, 2.75) is 13.8 Å². The van der Waals surface area contributed by atoms with Gasteiger partial charge in [-0.1, -0.05) is 34.1 Å². The molecule has 0 fully saturated rings. The SMILES string of the molecule is Cc1cc(Br)ccc1NC(=O)C(=O)c1c(C)[nH]c2ccccc12. The van der Waals surface area contributed by atoms with Crippen LogP contribution in [0.5, 0.6) is 0 Å². The molecule has 3 rings (SSSR count). The fraction of sp³-hybridized carbons (Fsp3) is 0.111. The third-order valence-electron chi connectivity index (χ3n) is 3.76. The number of para-hydroxylation sites is 1. The van der Waals surface area contributed by atoms with Gasteiger partial charge in [0.1, 0.15) is 0 Å². The topological polar surface area (TPSA) is 62.0 Å². The van der Waals surface area contributed by atoms with E-state index in [1.807, 2.05) is 43.3 Å². The predicted molar refractivity (Wildman–Crippen MR) is 94.9 cm³/mol. The number of hydrogen-bond donors (Lipinski definition) is 2. The minimum absolute atomic E-state index is 0.424. The van der Waals surface area contributed by atoms with Gasteiger partial charge in [0.05, 0.1) is 5.56 Å². The molecule has 3 aromatic rings. The zero-order valence-corrected chi connectivity index (χ0v) is 14.3. The summed E-state index contributed by atoms with van der Waals surface area (Å²) in [5, 5.41) is 3.46. The number of carbonyl (C=O) groups is 2. The van der Waals surface area contributed by atoms with Crippen molar-refractivity contribution < 1.29 is 9.59 Å². The fourth-order valence-electron chi connectivity index (χ4n) is 2.63. The summed E-state index contributed by atoms with van der Waals surface area (Å²) >= 11 is 3.38. The number of fused-ring (bicyclic) bond motifs is 1. The molecule has 0 aliphatic heterocycles. The van der Waals surface area contributed by atoms with Crippen LogP contribution in [0.1, 0.15) is 21.6 Å². The molecule has 1 heterocycles. The Labute approximate surface area is 142 Å². The van der Waals surface area contributed by atoms with E-state index in [2.05, 4.69) is 26.2 Å². The van der Waals surface area contributed by atoms with Gasteiger partial charge >= 0.3 is 0 Å². The highest BCUT2D eigenvalue weighted by molar-refractivity contribution is 9.10. The van der Waals surface area contributed by atoms with E-state index in [9.17, 15) is 9.59 Å². The van der Waals surface area contributed by atoms with Crippen LogP contribution in [0.4, 0.5) is 5.69 Å². The van der Waals surface area contributed by atoms with Gasteiger partial charge in [-0.15, -0.1) is 0 Å². The average Bonchev–Trinajstić information content (AvgIpc) is 2.85. The molecule has 116 valence electrons. The van der Waals surface area contributed by atoms with Crippen molar-refractivity contribution in [2.75, 3.05) is 5.32 Å². The van der Waals surface area contributed by atoms with E-state index in [4.69, 9.17) is 0 Å². The van der Waals surface area contributed by atoms with E-state index in [0.29, 0.717) is 16.9 Å². The molecule has 0 bridgehead atoms. The highest BCUT2D eigenvalue weighted by Gasteiger charge is 2.23. The number of aromatic nitrogens is 1. The van der Waals surface area contributed by atoms with Crippen LogP contribution < -0.4 is 5.32 Å². The maximum Gasteiger partial charge on any atom is 0.296 e. The first-order valence-electron chi connectivity index (χ1n) is 7.16. The number of nitrogens with one attached hydrogen (secondary N) is 2. The maximum absolute atomic E-state index is 12.6. The lowest BCUT2D eigenvalue weighted by atomic mass is 10.1. The van der Waals surface area contributed by atoms with Crippen molar-refractivity contribution in [2.24, 2.45) is 0 Å². The largest absolute Gasteiger partial charge is 0.358 e. The van der Waals surface area contributed by atoms with Gasteiger partial charge < -0.3 is 10.3 Å². The van der Waals surface area contributed by atoms with Crippen molar-refractivity contribution in [1.82, 2.24) is 4.98 Å². The summed E-state index contributed by atoms with van der Waals surface area (Å²) in [6.45, 7) is 3.67. The molecule has 0 aliphatic rings. The molecule has 2 N–H and O–H groups in total. The molecular formula is C18H15BrN2O2. The summed E-state index contributed by atoms with van der Waals surface area (Å²) < 4.78 is 0.923. The van der Waals surface area contributed by atoms with Gasteiger partial charge in [-0.25, -0.2) is 0 Å². The van der Waals surface area contributed by atoms with E-state index in [1.54, 1.807) is 13.0 Å². The van der Waals surface area contributed by atoms with Gasteiger partial charge in [0.15, 0.2) is 0 Å². The number of benzene rings is 2. The number of aryl methyl sites for hydroxylation is 2. The highest BCUT2D eigenvalue weighted by Crippen LogP contribution is 2.24. The second-order valence-electron chi connectivity index (χ2n) is 5.41. The van der Waals surface area contributed by atoms with E-state index in [0.717, 1.165) is 20.9 Å². The maximum atomic E-state index is 12.6. The van der Waals surface area contributed by atoms with Crippen molar-refractivity contribution in [1.29, 1.82) is 0 Å². The first-order chi connectivity index (χ1) is 11.0. The third kappa shape index (κ3) is 2.92.